The number of aromatic amines is 1. The first-order valence-corrected chi connectivity index (χ1v) is 18.1. The summed E-state index contributed by atoms with van der Waals surface area (Å²) in [5.74, 6) is -2.62. The zero-order valence-electron chi connectivity index (χ0n) is 29.8. The predicted octanol–water partition coefficient (Wildman–Crippen LogP) is 2.61. The number of ether oxygens (including phenoxy) is 1. The summed E-state index contributed by atoms with van der Waals surface area (Å²) in [5, 5.41) is 14.5. The Bertz CT molecular complexity index is 2020. The number of carbonyl (C=O) groups is 3. The Kier molecular flexibility index (Phi) is 12.9. The normalized spacial score (nSPS) is 14.4. The van der Waals surface area contributed by atoms with Crippen LogP contribution in [-0.4, -0.2) is 98.2 Å². The molecule has 5 rings (SSSR count). The van der Waals surface area contributed by atoms with E-state index in [9.17, 15) is 27.3 Å². The summed E-state index contributed by atoms with van der Waals surface area (Å²) in [4.78, 5) is 57.3. The number of carboxylic acid groups (broad SMARTS) is 1. The Morgan fingerprint density at radius 2 is 1.83 bits per heavy atom. The minimum atomic E-state index is -5.19. The van der Waals surface area contributed by atoms with E-state index < -0.39 is 26.1 Å². The molecule has 0 bridgehead atoms. The number of piperidine rings is 1. The fourth-order valence-electron chi connectivity index (χ4n) is 6.34. The van der Waals surface area contributed by atoms with Gasteiger partial charge in [0.1, 0.15) is 12.2 Å². The summed E-state index contributed by atoms with van der Waals surface area (Å²) < 4.78 is 55.8. The van der Waals surface area contributed by atoms with Crippen molar-refractivity contribution in [1.29, 1.82) is 0 Å². The van der Waals surface area contributed by atoms with Crippen molar-refractivity contribution in [3.63, 3.8) is 0 Å². The molecule has 0 spiro atoms. The number of pyridine rings is 1. The molecule has 290 valence electrons. The van der Waals surface area contributed by atoms with Gasteiger partial charge in [0.15, 0.2) is 0 Å². The maximum atomic E-state index is 12.5. The van der Waals surface area contributed by atoms with E-state index in [1.54, 1.807) is 15.4 Å². The van der Waals surface area contributed by atoms with Crippen LogP contribution >= 0.6 is 7.82 Å². The number of likely N-dealkylation sites (N-methyl/N-ethyl adjacent to an activating group) is 1. The Hall–Kier alpha value is -4.55. The van der Waals surface area contributed by atoms with Crippen LogP contribution in [-0.2, 0) is 30.1 Å². The number of phosphoric acid groups is 1. The number of benzene rings is 1. The number of carbonyl (C=O) groups excluding carboxylic acids is 3. The molecule has 4 aromatic rings. The van der Waals surface area contributed by atoms with Crippen LogP contribution in [0, 0.1) is 13.8 Å². The van der Waals surface area contributed by atoms with E-state index in [1.165, 1.54) is 28.5 Å². The van der Waals surface area contributed by atoms with E-state index in [-0.39, 0.29) is 31.7 Å². The molecule has 0 unspecified atom stereocenters. The van der Waals surface area contributed by atoms with E-state index in [2.05, 4.69) is 58.5 Å². The molecular weight excluding hydrogens is 726 g/mol. The summed E-state index contributed by atoms with van der Waals surface area (Å²) in [6.07, 6.45) is -0.295. The van der Waals surface area contributed by atoms with Gasteiger partial charge in [0, 0.05) is 40.7 Å². The number of halogens is 3. The van der Waals surface area contributed by atoms with Gasteiger partial charge in [0.05, 0.1) is 18.8 Å². The fourth-order valence-corrected chi connectivity index (χ4v) is 6.66. The molecule has 1 aliphatic heterocycles. The molecule has 1 aliphatic rings. The summed E-state index contributed by atoms with van der Waals surface area (Å²) in [5.41, 5.74) is 13.9. The Balaban J connectivity index is 0.000000815. The van der Waals surface area contributed by atoms with E-state index in [4.69, 9.17) is 30.2 Å². The average Bonchev–Trinajstić information content (AvgIpc) is 3.65. The van der Waals surface area contributed by atoms with Crippen LogP contribution in [0.15, 0.2) is 30.7 Å². The van der Waals surface area contributed by atoms with Gasteiger partial charge in [-0.1, -0.05) is 24.4 Å². The molecule has 20 heteroatoms. The highest BCUT2D eigenvalue weighted by molar-refractivity contribution is 7.46. The third-order valence-corrected chi connectivity index (χ3v) is 9.58. The number of aromatic nitrogens is 4. The number of alkyl halides is 3. The zero-order valence-corrected chi connectivity index (χ0v) is 30.7. The monoisotopic (exact) mass is 769 g/mol. The van der Waals surface area contributed by atoms with Gasteiger partial charge in [-0.3, -0.25) is 14.2 Å². The maximum Gasteiger partial charge on any atom is 0.469 e. The van der Waals surface area contributed by atoms with E-state index in [0.717, 1.165) is 59.5 Å². The number of nitrogens with one attached hydrogen (secondary N) is 1. The first-order valence-electron chi connectivity index (χ1n) is 16.6. The van der Waals surface area contributed by atoms with Crippen LogP contribution in [0.5, 0.6) is 0 Å². The van der Waals surface area contributed by atoms with Crippen LogP contribution in [0.25, 0.3) is 27.8 Å². The van der Waals surface area contributed by atoms with E-state index >= 15 is 0 Å². The summed E-state index contributed by atoms with van der Waals surface area (Å²) in [6, 6.07) is 6.70. The molecule has 16 nitrogen and oxygen atoms in total. The van der Waals surface area contributed by atoms with Crippen molar-refractivity contribution < 1.29 is 60.8 Å². The van der Waals surface area contributed by atoms with Crippen molar-refractivity contribution in [2.24, 2.45) is 5.73 Å². The third-order valence-electron chi connectivity index (χ3n) is 9.06. The van der Waals surface area contributed by atoms with Crippen molar-refractivity contribution in [3.8, 4) is 11.3 Å². The van der Waals surface area contributed by atoms with Gasteiger partial charge >= 0.3 is 20.1 Å². The summed E-state index contributed by atoms with van der Waals surface area (Å²) in [6.45, 7) is 10.0. The second-order valence-electron chi connectivity index (χ2n) is 13.1. The largest absolute Gasteiger partial charge is 0.542 e. The van der Waals surface area contributed by atoms with E-state index in [0.29, 0.717) is 12.5 Å². The number of amides is 2. The maximum absolute atomic E-state index is 12.5. The van der Waals surface area contributed by atoms with Gasteiger partial charge < -0.3 is 40.0 Å². The number of carboxylic acids is 1. The number of rotatable bonds is 11. The number of aliphatic carboxylic acids is 1. The van der Waals surface area contributed by atoms with Crippen LogP contribution in [0.4, 0.5) is 18.0 Å². The van der Waals surface area contributed by atoms with Gasteiger partial charge in [-0.2, -0.15) is 17.7 Å². The Morgan fingerprint density at radius 3 is 2.40 bits per heavy atom. The number of hydrogen-bond donors (Lipinski definition) is 4. The number of aryl methyl sites for hydroxylation is 1. The Morgan fingerprint density at radius 1 is 1.19 bits per heavy atom. The molecule has 0 atom stereocenters. The predicted molar refractivity (Wildman–Crippen MR) is 182 cm³/mol. The molecule has 4 heterocycles. The lowest BCUT2D eigenvalue weighted by Crippen LogP contribution is -2.39. The van der Waals surface area contributed by atoms with Gasteiger partial charge in [-0.15, -0.1) is 0 Å². The molecule has 5 N–H and O–H groups in total. The molecular formula is C33H43F3N7O9P. The smallest absolute Gasteiger partial charge is 0.469 e. The number of fused-ring (bicyclic) bond motifs is 2. The standard InChI is InChI=1S/C31H42N7O7P.C2HF3O2/c1-19(2)28-24-14-23(22-8-10-36(11-9-22)16-27(32)39)6-7-26(24)34-29(28)25-15-38-30(21(4)20(25)3)37(17-33-38)18-44-31(40)35(5)12-13-45-46(41,42)43;3-2(4,5)1(6)7/h6-7,14-15,17,19,22,34H,8-13,16,18H2,1-5H3,(H3-,32,39,41,42,43);(H,6,7). The van der Waals surface area contributed by atoms with Crippen molar-refractivity contribution in [2.75, 3.05) is 39.8 Å². The fraction of sp³-hybridized carbons (Fsp3) is 0.485. The highest BCUT2D eigenvalue weighted by Gasteiger charge is 2.29. The van der Waals surface area contributed by atoms with Crippen LogP contribution in [0.2, 0.25) is 0 Å². The minimum absolute atomic E-state index is 0.0503. The van der Waals surface area contributed by atoms with Crippen LogP contribution in [0.3, 0.4) is 0 Å². The molecule has 3 aromatic heterocycles. The van der Waals surface area contributed by atoms with Crippen molar-refractivity contribution in [3.05, 3.63) is 53.0 Å². The number of nitrogens with two attached hydrogens (primary N) is 1. The average molecular weight is 770 g/mol. The number of primary amides is 1. The number of likely N-dealkylation sites (tertiary alicyclic amines) is 1. The molecule has 1 saturated heterocycles. The minimum Gasteiger partial charge on any atom is -0.542 e. The Labute approximate surface area is 302 Å². The first-order chi connectivity index (χ1) is 24.7. The third kappa shape index (κ3) is 10.3. The van der Waals surface area contributed by atoms with Gasteiger partial charge in [0.2, 0.25) is 12.6 Å². The topological polar surface area (TPSA) is 220 Å². The molecule has 1 fully saturated rings. The first kappa shape index (κ1) is 41.2. The number of nitrogens with zero attached hydrogens (tertiary/aromatic N) is 5. The van der Waals surface area contributed by atoms with Gasteiger partial charge in [0.25, 0.3) is 12.0 Å². The summed E-state index contributed by atoms with van der Waals surface area (Å²) in [7, 11) is -3.16. The molecule has 0 aliphatic carbocycles. The van der Waals surface area contributed by atoms with Crippen LogP contribution in [0.1, 0.15) is 60.8 Å². The van der Waals surface area contributed by atoms with Gasteiger partial charge in [-0.05, 0) is 80.4 Å². The molecule has 0 saturated carbocycles. The summed E-state index contributed by atoms with van der Waals surface area (Å²) >= 11 is 0. The van der Waals surface area contributed by atoms with Crippen molar-refractivity contribution >= 4 is 42.3 Å². The quantitative estimate of drug-likeness (QED) is 0.128. The molecule has 2 amide bonds. The van der Waals surface area contributed by atoms with E-state index in [1.807, 2.05) is 13.1 Å². The molecule has 53 heavy (non-hydrogen) atoms. The second kappa shape index (κ2) is 16.6. The van der Waals surface area contributed by atoms with Crippen LogP contribution < -0.4 is 15.4 Å². The zero-order chi connectivity index (χ0) is 39.4. The number of phosphoric ester groups is 1. The number of hydrogen-bond acceptors (Lipinski definition) is 9. The SMILES string of the molecule is Cc1c(-c2[nH]c3ccc(C4CCN(CC(N)=O)CC4)cc3c2C(C)C)cn2nc[n+](COC(=O)N(C)CCOP(=O)(O)O)c2c1C.O=C([O-])C(F)(F)F. The van der Waals surface area contributed by atoms with Crippen molar-refractivity contribution in [2.45, 2.75) is 65.3 Å². The molecule has 0 radical (unpaired) electrons. The lowest BCUT2D eigenvalue weighted by atomic mass is 9.87. The highest BCUT2D eigenvalue weighted by atomic mass is 31.2. The second-order valence-corrected chi connectivity index (χ2v) is 14.4. The number of H-pyrrole nitrogens is 1. The van der Waals surface area contributed by atoms with Crippen molar-refractivity contribution in [1.82, 2.24) is 24.4 Å². The van der Waals surface area contributed by atoms with Gasteiger partial charge in [-0.25, -0.2) is 9.36 Å². The lowest BCUT2D eigenvalue weighted by Gasteiger charge is -2.31. The molecule has 1 aromatic carbocycles. The lowest BCUT2D eigenvalue weighted by molar-refractivity contribution is -0.704. The highest BCUT2D eigenvalue weighted by Crippen LogP contribution is 2.40.